The molecule has 3 rings (SSSR count). The van der Waals surface area contributed by atoms with Crippen LogP contribution < -0.4 is 5.32 Å². The first-order chi connectivity index (χ1) is 11.1. The van der Waals surface area contributed by atoms with Crippen molar-refractivity contribution in [2.24, 2.45) is 0 Å². The Morgan fingerprint density at radius 3 is 3.04 bits per heavy atom. The molecule has 0 bridgehead atoms. The zero-order valence-electron chi connectivity index (χ0n) is 13.8. The average molecular weight is 317 g/mol. The Labute approximate surface area is 135 Å². The van der Waals surface area contributed by atoms with E-state index in [2.05, 4.69) is 20.4 Å². The van der Waals surface area contributed by atoms with E-state index in [-0.39, 0.29) is 11.9 Å². The first kappa shape index (κ1) is 15.7. The Morgan fingerprint density at radius 2 is 2.35 bits per heavy atom. The van der Waals surface area contributed by atoms with E-state index in [1.54, 1.807) is 7.11 Å². The zero-order valence-corrected chi connectivity index (χ0v) is 13.8. The van der Waals surface area contributed by atoms with Gasteiger partial charge in [0, 0.05) is 12.8 Å². The van der Waals surface area contributed by atoms with Crippen molar-refractivity contribution >= 4 is 5.91 Å². The molecule has 1 aliphatic carbocycles. The number of carbonyl (C=O) groups is 1. The molecular formula is C16H23N5O2. The molecule has 0 spiro atoms. The number of ether oxygens (including phenoxy) is 1. The number of hydrogen-bond acceptors (Lipinski definition) is 4. The molecule has 2 aromatic heterocycles. The fourth-order valence-electron chi connectivity index (χ4n) is 3.22. The van der Waals surface area contributed by atoms with Gasteiger partial charge in [-0.3, -0.25) is 9.48 Å². The van der Waals surface area contributed by atoms with Crippen LogP contribution in [-0.2, 0) is 17.7 Å². The SMILES string of the molecule is COCCn1ncc2c1C(NC(=O)c1nc(C)[nH]c1C)CCC2. The van der Waals surface area contributed by atoms with Crippen molar-refractivity contribution < 1.29 is 9.53 Å². The van der Waals surface area contributed by atoms with Crippen LogP contribution in [0.5, 0.6) is 0 Å². The van der Waals surface area contributed by atoms with Crippen molar-refractivity contribution in [3.8, 4) is 0 Å². The summed E-state index contributed by atoms with van der Waals surface area (Å²) in [6, 6.07) is -0.0259. The van der Waals surface area contributed by atoms with Gasteiger partial charge in [-0.15, -0.1) is 0 Å². The molecule has 7 nitrogen and oxygen atoms in total. The number of aryl methyl sites for hydroxylation is 3. The van der Waals surface area contributed by atoms with Crippen LogP contribution in [0.15, 0.2) is 6.20 Å². The Morgan fingerprint density at radius 1 is 1.52 bits per heavy atom. The number of H-pyrrole nitrogens is 1. The molecule has 0 radical (unpaired) electrons. The lowest BCUT2D eigenvalue weighted by molar-refractivity contribution is 0.0924. The highest BCUT2D eigenvalue weighted by atomic mass is 16.5. The molecule has 0 saturated heterocycles. The largest absolute Gasteiger partial charge is 0.383 e. The quantitative estimate of drug-likeness (QED) is 0.878. The van der Waals surface area contributed by atoms with Crippen molar-refractivity contribution in [1.29, 1.82) is 0 Å². The van der Waals surface area contributed by atoms with Gasteiger partial charge in [-0.2, -0.15) is 5.10 Å². The lowest BCUT2D eigenvalue weighted by Gasteiger charge is -2.25. The van der Waals surface area contributed by atoms with Crippen LogP contribution in [0.3, 0.4) is 0 Å². The molecule has 23 heavy (non-hydrogen) atoms. The van der Waals surface area contributed by atoms with Crippen LogP contribution in [0.2, 0.25) is 0 Å². The van der Waals surface area contributed by atoms with Crippen molar-refractivity contribution in [3.63, 3.8) is 0 Å². The number of methoxy groups -OCH3 is 1. The van der Waals surface area contributed by atoms with Gasteiger partial charge in [-0.1, -0.05) is 0 Å². The Bertz CT molecular complexity index is 703. The van der Waals surface area contributed by atoms with Crippen LogP contribution in [0.1, 0.15) is 52.1 Å². The average Bonchev–Trinajstić information content (AvgIpc) is 3.09. The minimum atomic E-state index is -0.135. The van der Waals surface area contributed by atoms with E-state index < -0.39 is 0 Å². The van der Waals surface area contributed by atoms with Gasteiger partial charge in [-0.05, 0) is 38.7 Å². The summed E-state index contributed by atoms with van der Waals surface area (Å²) in [4.78, 5) is 19.9. The fraction of sp³-hybridized carbons (Fsp3) is 0.562. The number of fused-ring (bicyclic) bond motifs is 1. The molecule has 1 unspecified atom stereocenters. The molecule has 2 heterocycles. The highest BCUT2D eigenvalue weighted by Crippen LogP contribution is 2.30. The van der Waals surface area contributed by atoms with Crippen LogP contribution >= 0.6 is 0 Å². The lowest BCUT2D eigenvalue weighted by atomic mass is 9.93. The topological polar surface area (TPSA) is 84.8 Å². The first-order valence-corrected chi connectivity index (χ1v) is 7.97. The van der Waals surface area contributed by atoms with E-state index in [1.807, 2.05) is 24.7 Å². The van der Waals surface area contributed by atoms with Crippen LogP contribution in [0.4, 0.5) is 0 Å². The lowest BCUT2D eigenvalue weighted by Crippen LogP contribution is -2.33. The number of carbonyl (C=O) groups excluding carboxylic acids is 1. The van der Waals surface area contributed by atoms with Gasteiger partial charge in [0.05, 0.1) is 31.1 Å². The fourth-order valence-corrected chi connectivity index (χ4v) is 3.22. The molecule has 2 aromatic rings. The molecule has 2 N–H and O–H groups in total. The number of hydrogen-bond donors (Lipinski definition) is 2. The van der Waals surface area contributed by atoms with Crippen LogP contribution in [0.25, 0.3) is 0 Å². The second-order valence-electron chi connectivity index (χ2n) is 5.99. The van der Waals surface area contributed by atoms with E-state index >= 15 is 0 Å². The number of amides is 1. The molecule has 0 aliphatic heterocycles. The molecule has 1 aliphatic rings. The summed E-state index contributed by atoms with van der Waals surface area (Å²) in [6.45, 7) is 5.01. The third-order valence-corrected chi connectivity index (χ3v) is 4.26. The van der Waals surface area contributed by atoms with E-state index in [0.29, 0.717) is 18.8 Å². The summed E-state index contributed by atoms with van der Waals surface area (Å²) in [7, 11) is 1.68. The molecule has 7 heteroatoms. The molecule has 0 fully saturated rings. The van der Waals surface area contributed by atoms with Gasteiger partial charge in [0.15, 0.2) is 0 Å². The molecule has 124 valence electrons. The Hall–Kier alpha value is -2.15. The van der Waals surface area contributed by atoms with Gasteiger partial charge in [0.2, 0.25) is 0 Å². The van der Waals surface area contributed by atoms with Crippen LogP contribution in [-0.4, -0.2) is 39.4 Å². The van der Waals surface area contributed by atoms with Crippen molar-refractivity contribution in [2.75, 3.05) is 13.7 Å². The minimum absolute atomic E-state index is 0.0259. The summed E-state index contributed by atoms with van der Waals surface area (Å²) in [5.41, 5.74) is 3.58. The van der Waals surface area contributed by atoms with E-state index in [1.165, 1.54) is 5.56 Å². The van der Waals surface area contributed by atoms with Crippen molar-refractivity contribution in [2.45, 2.75) is 45.7 Å². The van der Waals surface area contributed by atoms with E-state index in [4.69, 9.17) is 4.74 Å². The van der Waals surface area contributed by atoms with Gasteiger partial charge in [0.1, 0.15) is 11.5 Å². The maximum Gasteiger partial charge on any atom is 0.272 e. The zero-order chi connectivity index (χ0) is 16.4. The second-order valence-corrected chi connectivity index (χ2v) is 5.99. The predicted molar refractivity (Wildman–Crippen MR) is 85.3 cm³/mol. The maximum atomic E-state index is 12.6. The monoisotopic (exact) mass is 317 g/mol. The van der Waals surface area contributed by atoms with Crippen molar-refractivity contribution in [1.82, 2.24) is 25.1 Å². The van der Waals surface area contributed by atoms with Crippen molar-refractivity contribution in [3.05, 3.63) is 34.7 Å². The van der Waals surface area contributed by atoms with E-state index in [9.17, 15) is 4.79 Å². The molecular weight excluding hydrogens is 294 g/mol. The first-order valence-electron chi connectivity index (χ1n) is 7.97. The number of nitrogens with one attached hydrogen (secondary N) is 2. The number of imidazole rings is 1. The standard InChI is InChI=1S/C16H23N5O2/c1-10-14(19-11(2)18-10)16(22)20-13-6-4-5-12-9-17-21(15(12)13)7-8-23-3/h9,13H,4-8H2,1-3H3,(H,18,19)(H,20,22). The Balaban J connectivity index is 1.81. The molecule has 0 saturated carbocycles. The molecule has 0 aromatic carbocycles. The molecule has 1 amide bonds. The Kier molecular flexibility index (Phi) is 4.47. The summed E-state index contributed by atoms with van der Waals surface area (Å²) < 4.78 is 7.10. The number of nitrogens with zero attached hydrogens (tertiary/aromatic N) is 3. The van der Waals surface area contributed by atoms with Crippen LogP contribution in [0, 0.1) is 13.8 Å². The number of rotatable bonds is 5. The maximum absolute atomic E-state index is 12.6. The smallest absolute Gasteiger partial charge is 0.272 e. The summed E-state index contributed by atoms with van der Waals surface area (Å²) in [6.07, 6.45) is 4.88. The normalized spacial score (nSPS) is 17.1. The third-order valence-electron chi connectivity index (χ3n) is 4.26. The van der Waals surface area contributed by atoms with Gasteiger partial charge < -0.3 is 15.0 Å². The number of aromatic nitrogens is 4. The van der Waals surface area contributed by atoms with Gasteiger partial charge >= 0.3 is 0 Å². The van der Waals surface area contributed by atoms with Gasteiger partial charge in [0.25, 0.3) is 5.91 Å². The molecule has 1 atom stereocenters. The van der Waals surface area contributed by atoms with E-state index in [0.717, 1.165) is 36.5 Å². The summed E-state index contributed by atoms with van der Waals surface area (Å²) in [5, 5.41) is 7.58. The highest BCUT2D eigenvalue weighted by molar-refractivity contribution is 5.93. The minimum Gasteiger partial charge on any atom is -0.383 e. The summed E-state index contributed by atoms with van der Waals surface area (Å²) in [5.74, 6) is 0.617. The highest BCUT2D eigenvalue weighted by Gasteiger charge is 2.27. The third kappa shape index (κ3) is 3.14. The van der Waals surface area contributed by atoms with Gasteiger partial charge in [-0.25, -0.2) is 4.98 Å². The second kappa shape index (κ2) is 6.54. The summed E-state index contributed by atoms with van der Waals surface area (Å²) >= 11 is 0. The predicted octanol–water partition coefficient (Wildman–Crippen LogP) is 1.68. The number of aromatic amines is 1.